The number of hydrogen-bond acceptors (Lipinski definition) is 3. The maximum absolute atomic E-state index is 4.41. The van der Waals surface area contributed by atoms with E-state index in [-0.39, 0.29) is 24.0 Å². The lowest BCUT2D eigenvalue weighted by atomic mass is 10.4. The van der Waals surface area contributed by atoms with E-state index < -0.39 is 0 Å². The highest BCUT2D eigenvalue weighted by molar-refractivity contribution is 14.0. The Bertz CT molecular complexity index is 448. The Hall–Kier alpha value is -0.990. The summed E-state index contributed by atoms with van der Waals surface area (Å²) in [5.74, 6) is 1.96. The summed E-state index contributed by atoms with van der Waals surface area (Å²) in [4.78, 5) is 13.1. The minimum atomic E-state index is 0. The van der Waals surface area contributed by atoms with Crippen LogP contribution in [-0.4, -0.2) is 54.6 Å². The van der Waals surface area contributed by atoms with Crippen LogP contribution in [0.25, 0.3) is 0 Å². The van der Waals surface area contributed by atoms with Crippen molar-refractivity contribution in [2.45, 2.75) is 19.4 Å². The normalized spacial score (nSPS) is 15.2. The molecule has 20 heavy (non-hydrogen) atoms. The quantitative estimate of drug-likeness (QED) is 0.478. The van der Waals surface area contributed by atoms with Crippen LogP contribution < -0.4 is 10.2 Å². The molecule has 1 aromatic heterocycles. The smallest absolute Gasteiger partial charge is 0.204 e. The zero-order valence-electron chi connectivity index (χ0n) is 12.8. The van der Waals surface area contributed by atoms with E-state index in [1.54, 1.807) is 0 Å². The van der Waals surface area contributed by atoms with Gasteiger partial charge in [0.05, 0.1) is 18.4 Å². The number of nitrogens with one attached hydrogen (secondary N) is 1. The van der Waals surface area contributed by atoms with Crippen LogP contribution in [0.3, 0.4) is 0 Å². The number of likely N-dealkylation sites (tertiary alicyclic amines) is 1. The molecule has 2 heterocycles. The third-order valence-corrected chi connectivity index (χ3v) is 3.50. The number of halogens is 1. The molecule has 0 atom stereocenters. The molecule has 114 valence electrons. The topological polar surface area (TPSA) is 48.7 Å². The number of aliphatic imine (C=N–C) groups is 1. The first kappa shape index (κ1) is 17.1. The first-order valence-electron chi connectivity index (χ1n) is 6.77. The summed E-state index contributed by atoms with van der Waals surface area (Å²) in [5, 5.41) is 3.42. The minimum absolute atomic E-state index is 0. The van der Waals surface area contributed by atoms with Gasteiger partial charge in [0.15, 0.2) is 5.96 Å². The van der Waals surface area contributed by atoms with E-state index in [4.69, 9.17) is 0 Å². The van der Waals surface area contributed by atoms with Gasteiger partial charge in [-0.1, -0.05) is 0 Å². The van der Waals surface area contributed by atoms with E-state index >= 15 is 0 Å². The Labute approximate surface area is 138 Å². The van der Waals surface area contributed by atoms with Gasteiger partial charge in [-0.2, -0.15) is 0 Å². The lowest BCUT2D eigenvalue weighted by molar-refractivity contribution is 0.492. The van der Waals surface area contributed by atoms with E-state index in [9.17, 15) is 0 Å². The zero-order valence-corrected chi connectivity index (χ0v) is 15.1. The van der Waals surface area contributed by atoms with Gasteiger partial charge in [-0.25, -0.2) is 4.98 Å². The molecule has 1 aromatic rings. The second kappa shape index (κ2) is 7.70. The van der Waals surface area contributed by atoms with Crippen molar-refractivity contribution in [1.82, 2.24) is 19.8 Å². The highest BCUT2D eigenvalue weighted by atomic mass is 127. The second-order valence-corrected chi connectivity index (χ2v) is 5.10. The lowest BCUT2D eigenvalue weighted by Crippen LogP contribution is -2.39. The number of rotatable bonds is 3. The average Bonchev–Trinajstić information content (AvgIpc) is 3.01. The maximum Gasteiger partial charge on any atom is 0.204 e. The van der Waals surface area contributed by atoms with Crippen molar-refractivity contribution in [3.8, 4) is 0 Å². The number of anilines is 1. The first-order valence-corrected chi connectivity index (χ1v) is 6.77. The van der Waals surface area contributed by atoms with E-state index in [1.807, 2.05) is 39.3 Å². The highest BCUT2D eigenvalue weighted by Gasteiger charge is 2.16. The molecule has 0 saturated carbocycles. The van der Waals surface area contributed by atoms with E-state index in [0.29, 0.717) is 0 Å². The molecule has 1 saturated heterocycles. The van der Waals surface area contributed by atoms with Gasteiger partial charge < -0.3 is 19.7 Å². The summed E-state index contributed by atoms with van der Waals surface area (Å²) in [6, 6.07) is 0. The Kier molecular flexibility index (Phi) is 6.57. The highest BCUT2D eigenvalue weighted by Crippen LogP contribution is 2.11. The van der Waals surface area contributed by atoms with Crippen molar-refractivity contribution in [1.29, 1.82) is 0 Å². The Balaban J connectivity index is 0.00000200. The predicted molar refractivity (Wildman–Crippen MR) is 94.0 cm³/mol. The Morgan fingerprint density at radius 1 is 1.40 bits per heavy atom. The monoisotopic (exact) mass is 392 g/mol. The molecular weight excluding hydrogens is 367 g/mol. The van der Waals surface area contributed by atoms with Crippen LogP contribution in [0, 0.1) is 0 Å². The van der Waals surface area contributed by atoms with E-state index in [0.717, 1.165) is 37.2 Å². The predicted octanol–water partition coefficient (Wildman–Crippen LogP) is 1.28. The molecule has 0 spiro atoms. The number of nitrogens with zero attached hydrogens (tertiary/aromatic N) is 5. The van der Waals surface area contributed by atoms with Crippen molar-refractivity contribution in [2.75, 3.05) is 39.1 Å². The van der Waals surface area contributed by atoms with Crippen molar-refractivity contribution >= 4 is 35.9 Å². The fourth-order valence-electron chi connectivity index (χ4n) is 2.44. The van der Waals surface area contributed by atoms with Gasteiger partial charge >= 0.3 is 0 Å². The standard InChI is InChI=1S/C13H24N6.HI/c1-14-12(19-7-5-6-8-19)15-9-11-10-16-13(17(2)3)18(11)4;/h10H,5-9H2,1-4H3,(H,14,15);1H. The third kappa shape index (κ3) is 3.77. The molecule has 0 unspecified atom stereocenters. The van der Waals surface area contributed by atoms with Gasteiger partial charge in [-0.3, -0.25) is 4.99 Å². The van der Waals surface area contributed by atoms with Gasteiger partial charge in [0.1, 0.15) is 0 Å². The maximum atomic E-state index is 4.41. The number of guanidine groups is 1. The molecule has 1 N–H and O–H groups in total. The summed E-state index contributed by atoms with van der Waals surface area (Å²) >= 11 is 0. The molecule has 1 aliphatic heterocycles. The van der Waals surface area contributed by atoms with E-state index in [1.165, 1.54) is 12.8 Å². The van der Waals surface area contributed by atoms with Gasteiger partial charge in [0, 0.05) is 41.3 Å². The molecule has 0 radical (unpaired) electrons. The SMILES string of the molecule is CN=C(NCc1cnc(N(C)C)n1C)N1CCCC1.I. The average molecular weight is 392 g/mol. The molecule has 6 nitrogen and oxygen atoms in total. The van der Waals surface area contributed by atoms with Gasteiger partial charge in [-0.05, 0) is 12.8 Å². The van der Waals surface area contributed by atoms with Crippen LogP contribution in [0.4, 0.5) is 5.95 Å². The lowest BCUT2D eigenvalue weighted by Gasteiger charge is -2.21. The van der Waals surface area contributed by atoms with Crippen LogP contribution in [0.5, 0.6) is 0 Å². The van der Waals surface area contributed by atoms with Crippen molar-refractivity contribution < 1.29 is 0 Å². The summed E-state index contributed by atoms with van der Waals surface area (Å²) in [5.41, 5.74) is 1.16. The zero-order chi connectivity index (χ0) is 13.8. The van der Waals surface area contributed by atoms with E-state index in [2.05, 4.69) is 24.8 Å². The van der Waals surface area contributed by atoms with Crippen molar-refractivity contribution in [2.24, 2.45) is 12.0 Å². The fourth-order valence-corrected chi connectivity index (χ4v) is 2.44. The van der Waals surface area contributed by atoms with Gasteiger partial charge in [-0.15, -0.1) is 24.0 Å². The van der Waals surface area contributed by atoms with Crippen LogP contribution in [0.1, 0.15) is 18.5 Å². The Morgan fingerprint density at radius 3 is 2.55 bits per heavy atom. The molecule has 0 aromatic carbocycles. The molecule has 0 bridgehead atoms. The molecule has 1 aliphatic rings. The summed E-state index contributed by atoms with van der Waals surface area (Å²) in [7, 11) is 7.89. The van der Waals surface area contributed by atoms with Crippen LogP contribution in [0.15, 0.2) is 11.2 Å². The number of imidazole rings is 1. The van der Waals surface area contributed by atoms with Crippen LogP contribution >= 0.6 is 24.0 Å². The second-order valence-electron chi connectivity index (χ2n) is 5.10. The number of aromatic nitrogens is 2. The molecule has 2 rings (SSSR count). The summed E-state index contributed by atoms with van der Waals surface area (Å²) in [6.07, 6.45) is 4.44. The summed E-state index contributed by atoms with van der Waals surface area (Å²) in [6.45, 7) is 2.96. The summed E-state index contributed by atoms with van der Waals surface area (Å²) < 4.78 is 2.10. The molecule has 7 heteroatoms. The largest absolute Gasteiger partial charge is 0.351 e. The van der Waals surface area contributed by atoms with Crippen molar-refractivity contribution in [3.63, 3.8) is 0 Å². The molecular formula is C13H25IN6. The van der Waals surface area contributed by atoms with Gasteiger partial charge in [0.25, 0.3) is 0 Å². The third-order valence-electron chi connectivity index (χ3n) is 3.50. The fraction of sp³-hybridized carbons (Fsp3) is 0.692. The van der Waals surface area contributed by atoms with Crippen LogP contribution in [-0.2, 0) is 13.6 Å². The minimum Gasteiger partial charge on any atom is -0.351 e. The molecule has 1 fully saturated rings. The number of hydrogen-bond donors (Lipinski definition) is 1. The van der Waals surface area contributed by atoms with Crippen LogP contribution in [0.2, 0.25) is 0 Å². The van der Waals surface area contributed by atoms with Crippen molar-refractivity contribution in [3.05, 3.63) is 11.9 Å². The first-order chi connectivity index (χ1) is 9.13. The Morgan fingerprint density at radius 2 is 2.05 bits per heavy atom. The molecule has 0 aliphatic carbocycles. The van der Waals surface area contributed by atoms with Gasteiger partial charge in [0.2, 0.25) is 5.95 Å². The molecule has 0 amide bonds.